The lowest BCUT2D eigenvalue weighted by molar-refractivity contribution is -0.129. The highest BCUT2D eigenvalue weighted by Crippen LogP contribution is 1.86. The second-order valence-electron chi connectivity index (χ2n) is 1.62. The summed E-state index contributed by atoms with van der Waals surface area (Å²) < 4.78 is 0. The Morgan fingerprint density at radius 1 is 1.55 bits per heavy atom. The number of carbonyl (C=O) groups excluding carboxylic acids is 2. The molecule has 0 aromatic rings. The van der Waals surface area contributed by atoms with Crippen LogP contribution in [0.5, 0.6) is 0 Å². The van der Waals surface area contributed by atoms with Crippen molar-refractivity contribution in [3.63, 3.8) is 0 Å². The molecule has 0 atom stereocenters. The van der Waals surface area contributed by atoms with Crippen molar-refractivity contribution in [1.82, 2.24) is 11.0 Å². The van der Waals surface area contributed by atoms with Crippen molar-refractivity contribution >= 4 is 22.8 Å². The van der Waals surface area contributed by atoms with E-state index in [4.69, 9.17) is 11.6 Å². The first-order valence-electron chi connectivity index (χ1n) is 3.00. The van der Waals surface area contributed by atoms with Crippen LogP contribution in [0.2, 0.25) is 0 Å². The quantitative estimate of drug-likeness (QED) is 0.264. The van der Waals surface area contributed by atoms with Gasteiger partial charge in [0.2, 0.25) is 11.1 Å². The molecule has 0 heterocycles. The summed E-state index contributed by atoms with van der Waals surface area (Å²) in [7, 11) is 0. The Bertz CT molecular complexity index is 151. The number of rotatable bonds is 5. The zero-order valence-corrected chi connectivity index (χ0v) is 6.77. The second-order valence-corrected chi connectivity index (χ2v) is 2.04. The number of hydrogen-bond donors (Lipinski definition) is 2. The standard InChI is InChI=1S/C5H9ClN2O3/c1-2-11-8-7-5(10)3-4(6)9/h8H,2-3H2,1H3,(H,7,10). The fourth-order valence-corrected chi connectivity index (χ4v) is 0.457. The minimum atomic E-state index is -0.708. The van der Waals surface area contributed by atoms with Gasteiger partial charge in [0.1, 0.15) is 6.42 Å². The van der Waals surface area contributed by atoms with Crippen LogP contribution in [0.1, 0.15) is 13.3 Å². The van der Waals surface area contributed by atoms with Crippen molar-refractivity contribution in [2.45, 2.75) is 13.3 Å². The molecule has 2 N–H and O–H groups in total. The van der Waals surface area contributed by atoms with Gasteiger partial charge in [-0.25, -0.2) is 0 Å². The largest absolute Gasteiger partial charge is 0.283 e. The summed E-state index contributed by atoms with van der Waals surface area (Å²) >= 11 is 4.92. The summed E-state index contributed by atoms with van der Waals surface area (Å²) in [5.74, 6) is -0.529. The summed E-state index contributed by atoms with van der Waals surface area (Å²) in [5.41, 5.74) is 4.23. The van der Waals surface area contributed by atoms with Crippen molar-refractivity contribution < 1.29 is 14.4 Å². The Labute approximate surface area is 69.0 Å². The SMILES string of the molecule is CCONNC(=O)CC(=O)Cl. The van der Waals surface area contributed by atoms with Gasteiger partial charge in [0.15, 0.2) is 0 Å². The third-order valence-corrected chi connectivity index (χ3v) is 0.840. The molecule has 64 valence electrons. The lowest BCUT2D eigenvalue weighted by Crippen LogP contribution is -2.37. The van der Waals surface area contributed by atoms with Crippen LogP contribution in [0.4, 0.5) is 0 Å². The van der Waals surface area contributed by atoms with E-state index in [1.165, 1.54) is 0 Å². The second kappa shape index (κ2) is 6.09. The molecule has 11 heavy (non-hydrogen) atoms. The van der Waals surface area contributed by atoms with Gasteiger partial charge in [-0.15, -0.1) is 5.59 Å². The number of nitrogens with one attached hydrogen (secondary N) is 2. The topological polar surface area (TPSA) is 67.4 Å². The van der Waals surface area contributed by atoms with Gasteiger partial charge < -0.3 is 0 Å². The molecule has 0 aromatic carbocycles. The van der Waals surface area contributed by atoms with Gasteiger partial charge in [-0.3, -0.25) is 19.9 Å². The molecular formula is C5H9ClN2O3. The van der Waals surface area contributed by atoms with Gasteiger partial charge in [-0.1, -0.05) is 0 Å². The molecule has 0 aromatic heterocycles. The number of halogens is 1. The van der Waals surface area contributed by atoms with E-state index in [9.17, 15) is 9.59 Å². The van der Waals surface area contributed by atoms with E-state index in [0.29, 0.717) is 6.61 Å². The van der Waals surface area contributed by atoms with Gasteiger partial charge in [-0.2, -0.15) is 0 Å². The van der Waals surface area contributed by atoms with Gasteiger partial charge in [0.05, 0.1) is 6.61 Å². The molecule has 0 radical (unpaired) electrons. The smallest absolute Gasteiger partial charge is 0.244 e. The first-order valence-corrected chi connectivity index (χ1v) is 3.38. The summed E-state index contributed by atoms with van der Waals surface area (Å²) in [6, 6.07) is 0. The van der Waals surface area contributed by atoms with Crippen LogP contribution in [0, 0.1) is 0 Å². The molecule has 0 saturated carbocycles. The number of amides is 1. The molecule has 0 saturated heterocycles. The number of carbonyl (C=O) groups is 2. The summed E-state index contributed by atoms with van der Waals surface area (Å²) in [4.78, 5) is 25.2. The average molecular weight is 181 g/mol. The van der Waals surface area contributed by atoms with Crippen LogP contribution in [-0.4, -0.2) is 17.8 Å². The molecule has 0 unspecified atom stereocenters. The molecular weight excluding hydrogens is 172 g/mol. The zero-order valence-electron chi connectivity index (χ0n) is 6.02. The third kappa shape index (κ3) is 7.24. The van der Waals surface area contributed by atoms with E-state index in [-0.39, 0.29) is 6.42 Å². The van der Waals surface area contributed by atoms with E-state index in [1.54, 1.807) is 6.92 Å². The van der Waals surface area contributed by atoms with Crippen LogP contribution >= 0.6 is 11.6 Å². The fourth-order valence-electron chi connectivity index (χ4n) is 0.336. The molecule has 0 rings (SSSR count). The maximum Gasteiger partial charge on any atom is 0.244 e. The molecule has 1 amide bonds. The Kier molecular flexibility index (Phi) is 5.73. The molecule has 0 fully saturated rings. The number of hydrazine groups is 1. The zero-order chi connectivity index (χ0) is 8.69. The summed E-state index contributed by atoms with van der Waals surface area (Å²) in [6.07, 6.45) is -0.359. The van der Waals surface area contributed by atoms with Crippen molar-refractivity contribution in [2.24, 2.45) is 0 Å². The van der Waals surface area contributed by atoms with E-state index in [2.05, 4.69) is 15.9 Å². The molecule has 0 aliphatic carbocycles. The van der Waals surface area contributed by atoms with E-state index < -0.39 is 11.1 Å². The first-order chi connectivity index (χ1) is 5.16. The minimum absolute atomic E-state index is 0.359. The van der Waals surface area contributed by atoms with Crippen LogP contribution in [-0.2, 0) is 14.4 Å². The minimum Gasteiger partial charge on any atom is -0.283 e. The van der Waals surface area contributed by atoms with Gasteiger partial charge in [0.25, 0.3) is 0 Å². The first kappa shape index (κ1) is 10.3. The Balaban J connectivity index is 3.30. The van der Waals surface area contributed by atoms with Crippen molar-refractivity contribution in [3.8, 4) is 0 Å². The number of hydrogen-bond acceptors (Lipinski definition) is 4. The molecule has 0 spiro atoms. The van der Waals surface area contributed by atoms with Gasteiger partial charge in [-0.05, 0) is 18.5 Å². The van der Waals surface area contributed by atoms with E-state index in [0.717, 1.165) is 0 Å². The highest BCUT2D eigenvalue weighted by atomic mass is 35.5. The maximum atomic E-state index is 10.6. The van der Waals surface area contributed by atoms with Crippen LogP contribution < -0.4 is 11.0 Å². The Morgan fingerprint density at radius 2 is 2.18 bits per heavy atom. The predicted molar refractivity (Wildman–Crippen MR) is 38.4 cm³/mol. The van der Waals surface area contributed by atoms with Gasteiger partial charge >= 0.3 is 0 Å². The highest BCUT2D eigenvalue weighted by Gasteiger charge is 2.04. The van der Waals surface area contributed by atoms with E-state index in [1.807, 2.05) is 0 Å². The Hall–Kier alpha value is -0.650. The molecule has 0 aliphatic rings. The van der Waals surface area contributed by atoms with Gasteiger partial charge in [0, 0.05) is 0 Å². The predicted octanol–water partition coefficient (Wildman–Crippen LogP) is -0.286. The molecule has 0 bridgehead atoms. The molecule has 6 heteroatoms. The van der Waals surface area contributed by atoms with Crippen molar-refractivity contribution in [1.29, 1.82) is 0 Å². The van der Waals surface area contributed by atoms with E-state index >= 15 is 0 Å². The van der Waals surface area contributed by atoms with Crippen LogP contribution in [0.15, 0.2) is 0 Å². The lowest BCUT2D eigenvalue weighted by atomic mass is 10.5. The normalized spacial score (nSPS) is 9.27. The third-order valence-electron chi connectivity index (χ3n) is 0.706. The monoisotopic (exact) mass is 180 g/mol. The average Bonchev–Trinajstić information content (AvgIpc) is 1.86. The maximum absolute atomic E-state index is 10.6. The van der Waals surface area contributed by atoms with Crippen molar-refractivity contribution in [2.75, 3.05) is 6.61 Å². The highest BCUT2D eigenvalue weighted by molar-refractivity contribution is 6.64. The Morgan fingerprint density at radius 3 is 2.64 bits per heavy atom. The lowest BCUT2D eigenvalue weighted by Gasteiger charge is -2.02. The van der Waals surface area contributed by atoms with Crippen LogP contribution in [0.3, 0.4) is 0 Å². The van der Waals surface area contributed by atoms with Crippen LogP contribution in [0.25, 0.3) is 0 Å². The molecule has 5 nitrogen and oxygen atoms in total. The summed E-state index contributed by atoms with van der Waals surface area (Å²) in [5, 5.41) is -0.708. The summed E-state index contributed by atoms with van der Waals surface area (Å²) in [6.45, 7) is 2.15. The van der Waals surface area contributed by atoms with Crippen molar-refractivity contribution in [3.05, 3.63) is 0 Å². The fraction of sp³-hybridized carbons (Fsp3) is 0.600. The molecule has 0 aliphatic heterocycles.